The monoisotopic (exact) mass is 467 g/mol. The maximum absolute atomic E-state index is 12.8. The molecule has 1 spiro atoms. The molecule has 6 nitrogen and oxygen atoms in total. The third-order valence-electron chi connectivity index (χ3n) is 7.27. The van der Waals surface area contributed by atoms with Crippen molar-refractivity contribution in [2.75, 3.05) is 32.9 Å². The predicted molar refractivity (Wildman–Crippen MR) is 131 cm³/mol. The van der Waals surface area contributed by atoms with Gasteiger partial charge in [0.15, 0.2) is 11.5 Å². The number of hydrogen-bond donors (Lipinski definition) is 1. The maximum Gasteiger partial charge on any atom is 0.309 e. The van der Waals surface area contributed by atoms with Gasteiger partial charge in [-0.15, -0.1) is 0 Å². The van der Waals surface area contributed by atoms with Gasteiger partial charge in [-0.2, -0.15) is 0 Å². The minimum absolute atomic E-state index is 0.0928. The summed E-state index contributed by atoms with van der Waals surface area (Å²) in [5.41, 5.74) is 3.34. The lowest BCUT2D eigenvalue weighted by Gasteiger charge is -2.51. The summed E-state index contributed by atoms with van der Waals surface area (Å²) in [6, 6.07) is 14.1. The van der Waals surface area contributed by atoms with E-state index in [1.807, 2.05) is 44.2 Å². The first-order chi connectivity index (χ1) is 16.6. The van der Waals surface area contributed by atoms with Crippen LogP contribution in [0.4, 0.5) is 0 Å². The fourth-order valence-electron chi connectivity index (χ4n) is 5.63. The topological polar surface area (TPSA) is 68.2 Å². The van der Waals surface area contributed by atoms with Crippen LogP contribution in [0.1, 0.15) is 56.2 Å². The van der Waals surface area contributed by atoms with Crippen LogP contribution in [0.15, 0.2) is 42.5 Å². The van der Waals surface area contributed by atoms with Crippen LogP contribution in [0.25, 0.3) is 0 Å². The average molecular weight is 468 g/mol. The number of carbonyl (C=O) groups excluding carboxylic acids is 1. The molecule has 34 heavy (non-hydrogen) atoms. The van der Waals surface area contributed by atoms with Crippen molar-refractivity contribution in [3.8, 4) is 11.5 Å². The van der Waals surface area contributed by atoms with Gasteiger partial charge in [-0.3, -0.25) is 9.69 Å². The van der Waals surface area contributed by atoms with E-state index in [4.69, 9.17) is 14.2 Å². The lowest BCUT2D eigenvalue weighted by Crippen LogP contribution is -2.53. The molecule has 4 rings (SSSR count). The molecule has 0 amide bonds. The Morgan fingerprint density at radius 3 is 2.38 bits per heavy atom. The predicted octanol–water partition coefficient (Wildman–Crippen LogP) is 4.46. The normalized spacial score (nSPS) is 22.3. The Kier molecular flexibility index (Phi) is 8.11. The molecule has 6 heteroatoms. The van der Waals surface area contributed by atoms with Crippen LogP contribution in [0, 0.1) is 5.92 Å². The summed E-state index contributed by atoms with van der Waals surface area (Å²) in [6.45, 7) is 7.08. The second kappa shape index (κ2) is 11.2. The minimum Gasteiger partial charge on any atom is -0.490 e. The lowest BCUT2D eigenvalue weighted by molar-refractivity contribution is -0.152. The van der Waals surface area contributed by atoms with E-state index < -0.39 is 0 Å². The van der Waals surface area contributed by atoms with Crippen LogP contribution in [-0.4, -0.2) is 48.9 Å². The smallest absolute Gasteiger partial charge is 0.309 e. The summed E-state index contributed by atoms with van der Waals surface area (Å²) in [4.78, 5) is 15.3. The highest BCUT2D eigenvalue weighted by molar-refractivity contribution is 5.72. The third-order valence-corrected chi connectivity index (χ3v) is 7.27. The van der Waals surface area contributed by atoms with E-state index in [-0.39, 0.29) is 24.0 Å². The fraction of sp³-hybridized carbons (Fsp3) is 0.536. The number of hydrogen-bond acceptors (Lipinski definition) is 6. The van der Waals surface area contributed by atoms with Crippen molar-refractivity contribution in [2.24, 2.45) is 5.92 Å². The van der Waals surface area contributed by atoms with E-state index in [2.05, 4.69) is 17.0 Å². The molecule has 184 valence electrons. The Hall–Kier alpha value is -2.57. The molecule has 2 aromatic rings. The summed E-state index contributed by atoms with van der Waals surface area (Å²) in [5, 5.41) is 9.79. The van der Waals surface area contributed by atoms with Crippen molar-refractivity contribution >= 4 is 5.97 Å². The van der Waals surface area contributed by atoms with Gasteiger partial charge in [-0.1, -0.05) is 30.3 Å². The zero-order valence-electron chi connectivity index (χ0n) is 20.4. The maximum atomic E-state index is 12.8. The molecule has 0 saturated heterocycles. The second-order valence-electron chi connectivity index (χ2n) is 9.18. The number of aliphatic hydroxyl groups is 1. The fourth-order valence-corrected chi connectivity index (χ4v) is 5.63. The number of esters is 1. The van der Waals surface area contributed by atoms with Crippen molar-refractivity contribution in [3.63, 3.8) is 0 Å². The Morgan fingerprint density at radius 2 is 1.74 bits per heavy atom. The molecule has 1 heterocycles. The Bertz CT molecular complexity index is 953. The highest BCUT2D eigenvalue weighted by Gasteiger charge is 2.46. The van der Waals surface area contributed by atoms with E-state index in [9.17, 15) is 9.90 Å². The lowest BCUT2D eigenvalue weighted by atomic mass is 9.68. The van der Waals surface area contributed by atoms with Crippen LogP contribution in [0.5, 0.6) is 11.5 Å². The number of carbonyl (C=O) groups is 1. The zero-order chi connectivity index (χ0) is 24.0. The summed E-state index contributed by atoms with van der Waals surface area (Å²) >= 11 is 0. The van der Waals surface area contributed by atoms with Gasteiger partial charge in [-0.05, 0) is 74.8 Å². The molecule has 2 aliphatic rings. The number of β-amino-alcohol motifs (C(OH)–C–C–N with tert-alkyl or cyclic N) is 1. The molecule has 0 bridgehead atoms. The molecule has 0 atom stereocenters. The highest BCUT2D eigenvalue weighted by Crippen LogP contribution is 2.50. The number of rotatable bonds is 9. The largest absolute Gasteiger partial charge is 0.490 e. The van der Waals surface area contributed by atoms with E-state index in [1.54, 1.807) is 0 Å². The van der Waals surface area contributed by atoms with E-state index in [0.717, 1.165) is 55.7 Å². The minimum atomic E-state index is -0.205. The van der Waals surface area contributed by atoms with Crippen molar-refractivity contribution in [3.05, 3.63) is 59.2 Å². The van der Waals surface area contributed by atoms with E-state index in [1.165, 1.54) is 11.1 Å². The van der Waals surface area contributed by atoms with Crippen molar-refractivity contribution < 1.29 is 24.1 Å². The molecule has 2 aromatic carbocycles. The van der Waals surface area contributed by atoms with Gasteiger partial charge in [-0.25, -0.2) is 0 Å². The second-order valence-corrected chi connectivity index (χ2v) is 9.18. The van der Waals surface area contributed by atoms with E-state index in [0.29, 0.717) is 26.4 Å². The van der Waals surface area contributed by atoms with Crippen LogP contribution in [0.3, 0.4) is 0 Å². The van der Waals surface area contributed by atoms with Crippen LogP contribution in [-0.2, 0) is 28.1 Å². The summed E-state index contributed by atoms with van der Waals surface area (Å²) in [5.74, 6) is 1.37. The first-order valence-corrected chi connectivity index (χ1v) is 12.6. The van der Waals surface area contributed by atoms with Crippen molar-refractivity contribution in [1.29, 1.82) is 0 Å². The van der Waals surface area contributed by atoms with Crippen molar-refractivity contribution in [2.45, 2.75) is 58.1 Å². The molecule has 0 unspecified atom stereocenters. The van der Waals surface area contributed by atoms with Crippen LogP contribution in [0.2, 0.25) is 0 Å². The molecule has 1 N–H and O–H groups in total. The SMILES string of the molecule is CCOc1cc2c(cc1OCC)C1(CCC(C(=O)OCc3ccccc3)CC1)N(CCO)CC2. The van der Waals surface area contributed by atoms with Gasteiger partial charge in [0, 0.05) is 18.6 Å². The van der Waals surface area contributed by atoms with Gasteiger partial charge in [0.25, 0.3) is 0 Å². The number of benzene rings is 2. The summed E-state index contributed by atoms with van der Waals surface area (Å²) < 4.78 is 17.5. The van der Waals surface area contributed by atoms with Crippen molar-refractivity contribution in [1.82, 2.24) is 4.90 Å². The molecule has 1 saturated carbocycles. The number of ether oxygens (including phenoxy) is 3. The van der Waals surface area contributed by atoms with Gasteiger partial charge in [0.1, 0.15) is 6.61 Å². The molecule has 1 fully saturated rings. The number of aliphatic hydroxyl groups excluding tert-OH is 1. The number of fused-ring (bicyclic) bond motifs is 2. The van der Waals surface area contributed by atoms with Gasteiger partial charge >= 0.3 is 5.97 Å². The third kappa shape index (κ3) is 5.08. The highest BCUT2D eigenvalue weighted by atomic mass is 16.5. The first kappa shape index (κ1) is 24.6. The standard InChI is InChI=1S/C28H37NO5/c1-3-32-25-18-23-12-15-29(16-17-30)28(24(23)19-26(25)33-4-2)13-10-22(11-14-28)27(31)34-20-21-8-6-5-7-9-21/h5-9,18-19,22,30H,3-4,10-17,20H2,1-2H3. The van der Waals surface area contributed by atoms with E-state index >= 15 is 0 Å². The average Bonchev–Trinajstić information content (AvgIpc) is 2.86. The molecular weight excluding hydrogens is 430 g/mol. The molecule has 0 aromatic heterocycles. The Labute approximate surface area is 202 Å². The summed E-state index contributed by atoms with van der Waals surface area (Å²) in [6.07, 6.45) is 4.15. The number of nitrogens with zero attached hydrogens (tertiary/aromatic N) is 1. The quantitative estimate of drug-likeness (QED) is 0.549. The molecule has 0 radical (unpaired) electrons. The van der Waals surface area contributed by atoms with Crippen LogP contribution < -0.4 is 9.47 Å². The molecule has 1 aliphatic carbocycles. The summed E-state index contributed by atoms with van der Waals surface area (Å²) in [7, 11) is 0. The van der Waals surface area contributed by atoms with Gasteiger partial charge < -0.3 is 19.3 Å². The van der Waals surface area contributed by atoms with Gasteiger partial charge in [0.05, 0.1) is 25.7 Å². The van der Waals surface area contributed by atoms with Gasteiger partial charge in [0.2, 0.25) is 0 Å². The van der Waals surface area contributed by atoms with Crippen LogP contribution >= 0.6 is 0 Å². The Balaban J connectivity index is 1.54. The first-order valence-electron chi connectivity index (χ1n) is 12.6. The zero-order valence-corrected chi connectivity index (χ0v) is 20.4. The molecule has 1 aliphatic heterocycles. The Morgan fingerprint density at radius 1 is 1.06 bits per heavy atom. The molecular formula is C28H37NO5.